The van der Waals surface area contributed by atoms with Crippen molar-refractivity contribution in [2.75, 3.05) is 20.1 Å². The molecule has 0 saturated carbocycles. The molecular weight excluding hydrogens is 288 g/mol. The number of rotatable bonds is 7. The SMILES string of the molecule is CC(O)CC(C)(C)CNC(=O)CN(C)C(=O)c1cccs1. The summed E-state index contributed by atoms with van der Waals surface area (Å²) in [4.78, 5) is 25.9. The number of hydrogen-bond acceptors (Lipinski definition) is 4. The Hall–Kier alpha value is -1.40. The second-order valence-electron chi connectivity index (χ2n) is 6.13. The molecule has 5 nitrogen and oxygen atoms in total. The van der Waals surface area contributed by atoms with Crippen LogP contribution in [-0.4, -0.2) is 48.1 Å². The van der Waals surface area contributed by atoms with Crippen molar-refractivity contribution in [2.45, 2.75) is 33.3 Å². The summed E-state index contributed by atoms with van der Waals surface area (Å²) in [6, 6.07) is 3.55. The lowest BCUT2D eigenvalue weighted by molar-refractivity contribution is -0.122. The normalized spacial score (nSPS) is 12.8. The van der Waals surface area contributed by atoms with Crippen LogP contribution in [0, 0.1) is 5.41 Å². The Bertz CT molecular complexity index is 469. The van der Waals surface area contributed by atoms with E-state index in [0.717, 1.165) is 0 Å². The zero-order chi connectivity index (χ0) is 16.0. The Morgan fingerprint density at radius 1 is 1.48 bits per heavy atom. The number of amides is 2. The van der Waals surface area contributed by atoms with E-state index in [1.807, 2.05) is 25.3 Å². The number of likely N-dealkylation sites (N-methyl/N-ethyl adjacent to an activating group) is 1. The summed E-state index contributed by atoms with van der Waals surface area (Å²) >= 11 is 1.36. The number of nitrogens with one attached hydrogen (secondary N) is 1. The predicted octanol–water partition coefficient (Wildman–Crippen LogP) is 1.73. The lowest BCUT2D eigenvalue weighted by atomic mass is 9.87. The molecule has 2 N–H and O–H groups in total. The van der Waals surface area contributed by atoms with Crippen molar-refractivity contribution < 1.29 is 14.7 Å². The standard InChI is InChI=1S/C15H24N2O3S/c1-11(18)8-15(2,3)10-16-13(19)9-17(4)14(20)12-6-5-7-21-12/h5-7,11,18H,8-10H2,1-4H3,(H,16,19). The molecule has 0 aliphatic rings. The van der Waals surface area contributed by atoms with Gasteiger partial charge in [0, 0.05) is 13.6 Å². The summed E-state index contributed by atoms with van der Waals surface area (Å²) in [5.41, 5.74) is -0.180. The van der Waals surface area contributed by atoms with Crippen molar-refractivity contribution in [1.29, 1.82) is 0 Å². The van der Waals surface area contributed by atoms with E-state index < -0.39 is 6.10 Å². The molecule has 118 valence electrons. The van der Waals surface area contributed by atoms with Gasteiger partial charge < -0.3 is 15.3 Å². The van der Waals surface area contributed by atoms with Crippen LogP contribution in [0.15, 0.2) is 17.5 Å². The van der Waals surface area contributed by atoms with Gasteiger partial charge in [-0.3, -0.25) is 9.59 Å². The zero-order valence-corrected chi connectivity index (χ0v) is 13.9. The lowest BCUT2D eigenvalue weighted by Crippen LogP contribution is -2.42. The largest absolute Gasteiger partial charge is 0.393 e. The third kappa shape index (κ3) is 6.27. The van der Waals surface area contributed by atoms with Crippen LogP contribution in [0.4, 0.5) is 0 Å². The number of carbonyl (C=O) groups is 2. The molecule has 21 heavy (non-hydrogen) atoms. The van der Waals surface area contributed by atoms with Gasteiger partial charge in [0.1, 0.15) is 0 Å². The number of nitrogens with zero attached hydrogens (tertiary/aromatic N) is 1. The van der Waals surface area contributed by atoms with Crippen molar-refractivity contribution in [3.8, 4) is 0 Å². The van der Waals surface area contributed by atoms with Gasteiger partial charge in [-0.1, -0.05) is 19.9 Å². The molecule has 1 atom stereocenters. The van der Waals surface area contributed by atoms with Crippen LogP contribution in [0.2, 0.25) is 0 Å². The summed E-state index contributed by atoms with van der Waals surface area (Å²) in [7, 11) is 1.61. The molecule has 1 aromatic rings. The number of carbonyl (C=O) groups excluding carboxylic acids is 2. The molecule has 0 spiro atoms. The average Bonchev–Trinajstić information content (AvgIpc) is 2.87. The Balaban J connectivity index is 2.41. The summed E-state index contributed by atoms with van der Waals surface area (Å²) in [5, 5.41) is 14.1. The molecule has 1 heterocycles. The van der Waals surface area contributed by atoms with Gasteiger partial charge in [0.25, 0.3) is 5.91 Å². The van der Waals surface area contributed by atoms with E-state index >= 15 is 0 Å². The van der Waals surface area contributed by atoms with E-state index in [-0.39, 0.29) is 23.8 Å². The van der Waals surface area contributed by atoms with E-state index in [1.54, 1.807) is 20.0 Å². The third-order valence-corrected chi connectivity index (χ3v) is 3.93. The molecule has 0 saturated heterocycles. The van der Waals surface area contributed by atoms with E-state index in [9.17, 15) is 14.7 Å². The molecule has 0 radical (unpaired) electrons. The third-order valence-electron chi connectivity index (χ3n) is 3.07. The lowest BCUT2D eigenvalue weighted by Gasteiger charge is -2.27. The van der Waals surface area contributed by atoms with Gasteiger partial charge >= 0.3 is 0 Å². The van der Waals surface area contributed by atoms with Gasteiger partial charge in [0.2, 0.25) is 5.91 Å². The molecule has 0 bridgehead atoms. The van der Waals surface area contributed by atoms with Gasteiger partial charge in [0.15, 0.2) is 0 Å². The second kappa shape index (κ2) is 7.56. The summed E-state index contributed by atoms with van der Waals surface area (Å²) in [5.74, 6) is -0.343. The Morgan fingerprint density at radius 2 is 2.14 bits per heavy atom. The maximum Gasteiger partial charge on any atom is 0.264 e. The molecule has 0 fully saturated rings. The highest BCUT2D eigenvalue weighted by Gasteiger charge is 2.22. The molecule has 6 heteroatoms. The fourth-order valence-corrected chi connectivity index (χ4v) is 2.86. The predicted molar refractivity (Wildman–Crippen MR) is 84.4 cm³/mol. The summed E-state index contributed by atoms with van der Waals surface area (Å²) in [6.45, 7) is 6.21. The van der Waals surface area contributed by atoms with Gasteiger partial charge in [0.05, 0.1) is 17.5 Å². The first-order chi connectivity index (χ1) is 9.71. The minimum atomic E-state index is -0.403. The van der Waals surface area contributed by atoms with Gasteiger partial charge in [-0.05, 0) is 30.2 Å². The van der Waals surface area contributed by atoms with E-state index in [4.69, 9.17) is 0 Å². The maximum absolute atomic E-state index is 12.0. The fourth-order valence-electron chi connectivity index (χ4n) is 2.14. The molecule has 2 amide bonds. The van der Waals surface area contributed by atoms with Crippen molar-refractivity contribution >= 4 is 23.2 Å². The first-order valence-electron chi connectivity index (χ1n) is 6.95. The average molecular weight is 312 g/mol. The highest BCUT2D eigenvalue weighted by molar-refractivity contribution is 7.12. The first kappa shape index (κ1) is 17.7. The number of thiophene rings is 1. The number of aliphatic hydroxyl groups excluding tert-OH is 1. The molecule has 1 rings (SSSR count). The molecule has 1 unspecified atom stereocenters. The van der Waals surface area contributed by atoms with Crippen LogP contribution < -0.4 is 5.32 Å². The highest BCUT2D eigenvalue weighted by Crippen LogP contribution is 2.21. The van der Waals surface area contributed by atoms with Gasteiger partial charge in [-0.15, -0.1) is 11.3 Å². The van der Waals surface area contributed by atoms with Crippen molar-refractivity contribution in [3.05, 3.63) is 22.4 Å². The summed E-state index contributed by atoms with van der Waals surface area (Å²) < 4.78 is 0. The van der Waals surface area contributed by atoms with Crippen molar-refractivity contribution in [2.24, 2.45) is 5.41 Å². The van der Waals surface area contributed by atoms with Crippen LogP contribution in [0.1, 0.15) is 36.9 Å². The number of hydrogen-bond donors (Lipinski definition) is 2. The van der Waals surface area contributed by atoms with Crippen LogP contribution in [0.5, 0.6) is 0 Å². The second-order valence-corrected chi connectivity index (χ2v) is 7.08. The van der Waals surface area contributed by atoms with Crippen LogP contribution >= 0.6 is 11.3 Å². The van der Waals surface area contributed by atoms with Gasteiger partial charge in [-0.2, -0.15) is 0 Å². The molecule has 0 aliphatic heterocycles. The summed E-state index contributed by atoms with van der Waals surface area (Å²) in [6.07, 6.45) is 0.206. The highest BCUT2D eigenvalue weighted by atomic mass is 32.1. The molecule has 0 aliphatic carbocycles. The molecule has 0 aromatic carbocycles. The van der Waals surface area contributed by atoms with E-state index in [1.165, 1.54) is 16.2 Å². The smallest absolute Gasteiger partial charge is 0.264 e. The Kier molecular flexibility index (Phi) is 6.36. The van der Waals surface area contributed by atoms with Gasteiger partial charge in [-0.25, -0.2) is 0 Å². The quantitative estimate of drug-likeness (QED) is 0.805. The van der Waals surface area contributed by atoms with Crippen LogP contribution in [-0.2, 0) is 4.79 Å². The maximum atomic E-state index is 12.0. The van der Waals surface area contributed by atoms with E-state index in [2.05, 4.69) is 5.32 Å². The fraction of sp³-hybridized carbons (Fsp3) is 0.600. The first-order valence-corrected chi connectivity index (χ1v) is 7.83. The monoisotopic (exact) mass is 312 g/mol. The van der Waals surface area contributed by atoms with E-state index in [0.29, 0.717) is 17.8 Å². The van der Waals surface area contributed by atoms with Crippen LogP contribution in [0.3, 0.4) is 0 Å². The zero-order valence-electron chi connectivity index (χ0n) is 13.0. The molecular formula is C15H24N2O3S. The minimum absolute atomic E-state index is 0.0293. The van der Waals surface area contributed by atoms with Crippen molar-refractivity contribution in [1.82, 2.24) is 10.2 Å². The van der Waals surface area contributed by atoms with Crippen molar-refractivity contribution in [3.63, 3.8) is 0 Å². The number of aliphatic hydroxyl groups is 1. The van der Waals surface area contributed by atoms with Crippen LogP contribution in [0.25, 0.3) is 0 Å². The molecule has 1 aromatic heterocycles. The topological polar surface area (TPSA) is 69.6 Å². The Morgan fingerprint density at radius 3 is 2.67 bits per heavy atom. The Labute approximate surface area is 130 Å². The minimum Gasteiger partial charge on any atom is -0.393 e.